The van der Waals surface area contributed by atoms with E-state index in [1.165, 1.54) is 6.92 Å². The van der Waals surface area contributed by atoms with Gasteiger partial charge >= 0.3 is 5.97 Å². The Labute approximate surface area is 88.0 Å². The number of hydrogen-bond acceptors (Lipinski definition) is 2. The van der Waals surface area contributed by atoms with E-state index in [9.17, 15) is 4.79 Å². The van der Waals surface area contributed by atoms with Gasteiger partial charge in [-0.1, -0.05) is 41.5 Å². The van der Waals surface area contributed by atoms with Crippen LogP contribution in [0.1, 0.15) is 55.4 Å². The summed E-state index contributed by atoms with van der Waals surface area (Å²) < 4.78 is 5.53. The van der Waals surface area contributed by atoms with Gasteiger partial charge in [-0.3, -0.25) is 4.79 Å². The molecule has 0 aromatic heterocycles. The summed E-state index contributed by atoms with van der Waals surface area (Å²) in [6, 6.07) is 0. The minimum Gasteiger partial charge on any atom is -0.458 e. The van der Waals surface area contributed by atoms with Gasteiger partial charge in [-0.25, -0.2) is 0 Å². The second-order valence-electron chi connectivity index (χ2n) is 6.13. The number of carbonyl (C=O) groups excluding carboxylic acids is 1. The number of esters is 1. The Kier molecular flexibility index (Phi) is 3.42. The maximum absolute atomic E-state index is 11.1. The standard InChI is InChI=1S/C12H24O2/c1-9(13)14-12(8,10(2,3)4)11(5,6)7/h1-8H3. The third-order valence-electron chi connectivity index (χ3n) is 3.21. The highest BCUT2D eigenvalue weighted by Gasteiger charge is 2.49. The number of hydrogen-bond donors (Lipinski definition) is 0. The Balaban J connectivity index is 5.18. The van der Waals surface area contributed by atoms with Crippen LogP contribution in [0.4, 0.5) is 0 Å². The van der Waals surface area contributed by atoms with E-state index in [0.717, 1.165) is 0 Å². The van der Waals surface area contributed by atoms with Crippen molar-refractivity contribution in [3.8, 4) is 0 Å². The molecule has 0 aliphatic heterocycles. The van der Waals surface area contributed by atoms with Gasteiger partial charge in [0.05, 0.1) is 0 Å². The van der Waals surface area contributed by atoms with Gasteiger partial charge in [0, 0.05) is 17.8 Å². The minimum absolute atomic E-state index is 0.0725. The van der Waals surface area contributed by atoms with E-state index in [1.54, 1.807) is 0 Å². The van der Waals surface area contributed by atoms with Crippen LogP contribution in [-0.4, -0.2) is 11.6 Å². The molecule has 0 aliphatic carbocycles. The SMILES string of the molecule is CC(=O)OC(C)(C(C)(C)C)C(C)(C)C. The van der Waals surface area contributed by atoms with Gasteiger partial charge in [-0.15, -0.1) is 0 Å². The molecule has 0 fully saturated rings. The monoisotopic (exact) mass is 200 g/mol. The summed E-state index contributed by atoms with van der Waals surface area (Å²) in [4.78, 5) is 11.1. The van der Waals surface area contributed by atoms with E-state index in [2.05, 4.69) is 41.5 Å². The van der Waals surface area contributed by atoms with Crippen LogP contribution in [0.2, 0.25) is 0 Å². The van der Waals surface area contributed by atoms with E-state index < -0.39 is 5.60 Å². The second kappa shape index (κ2) is 3.56. The summed E-state index contributed by atoms with van der Waals surface area (Å²) in [5.74, 6) is -0.211. The van der Waals surface area contributed by atoms with E-state index in [4.69, 9.17) is 4.74 Å². The number of carbonyl (C=O) groups is 1. The molecule has 0 radical (unpaired) electrons. The summed E-state index contributed by atoms with van der Waals surface area (Å²) in [7, 11) is 0. The van der Waals surface area contributed by atoms with Crippen LogP contribution in [-0.2, 0) is 9.53 Å². The highest BCUT2D eigenvalue weighted by atomic mass is 16.6. The Morgan fingerprint density at radius 3 is 1.21 bits per heavy atom. The lowest BCUT2D eigenvalue weighted by Gasteiger charge is -2.49. The molecule has 2 nitrogen and oxygen atoms in total. The zero-order chi connectivity index (χ0) is 11.8. The molecule has 0 aliphatic rings. The van der Waals surface area contributed by atoms with Crippen molar-refractivity contribution >= 4 is 5.97 Å². The Hall–Kier alpha value is -0.530. The second-order valence-corrected chi connectivity index (χ2v) is 6.13. The first-order chi connectivity index (χ1) is 5.92. The Bertz CT molecular complexity index is 201. The molecular formula is C12H24O2. The number of rotatable bonds is 1. The predicted octanol–water partition coefficient (Wildman–Crippen LogP) is 3.40. The van der Waals surface area contributed by atoms with Crippen molar-refractivity contribution in [2.24, 2.45) is 10.8 Å². The fraction of sp³-hybridized carbons (Fsp3) is 0.917. The molecule has 0 saturated carbocycles. The minimum atomic E-state index is -0.453. The first-order valence-corrected chi connectivity index (χ1v) is 5.11. The van der Waals surface area contributed by atoms with E-state index in [1.807, 2.05) is 6.92 Å². The summed E-state index contributed by atoms with van der Waals surface area (Å²) >= 11 is 0. The predicted molar refractivity (Wildman–Crippen MR) is 59.1 cm³/mol. The third-order valence-corrected chi connectivity index (χ3v) is 3.21. The molecular weight excluding hydrogens is 176 g/mol. The molecule has 84 valence electrons. The van der Waals surface area contributed by atoms with Gasteiger partial charge < -0.3 is 4.74 Å². The Morgan fingerprint density at radius 2 is 1.14 bits per heavy atom. The van der Waals surface area contributed by atoms with E-state index in [0.29, 0.717) is 0 Å². The van der Waals surface area contributed by atoms with Crippen LogP contribution in [0.5, 0.6) is 0 Å². The van der Waals surface area contributed by atoms with Gasteiger partial charge in [0.15, 0.2) is 0 Å². The van der Waals surface area contributed by atoms with Gasteiger partial charge in [-0.2, -0.15) is 0 Å². The number of ether oxygens (including phenoxy) is 1. The lowest BCUT2D eigenvalue weighted by atomic mass is 9.63. The van der Waals surface area contributed by atoms with Gasteiger partial charge in [-0.05, 0) is 6.92 Å². The smallest absolute Gasteiger partial charge is 0.303 e. The molecule has 0 aromatic rings. The van der Waals surface area contributed by atoms with Crippen molar-refractivity contribution in [2.75, 3.05) is 0 Å². The van der Waals surface area contributed by atoms with E-state index >= 15 is 0 Å². The fourth-order valence-electron chi connectivity index (χ4n) is 1.72. The first-order valence-electron chi connectivity index (χ1n) is 5.11. The lowest BCUT2D eigenvalue weighted by molar-refractivity contribution is -0.189. The zero-order valence-corrected chi connectivity index (χ0v) is 10.8. The maximum Gasteiger partial charge on any atom is 0.303 e. The molecule has 0 rings (SSSR count). The average Bonchev–Trinajstić information content (AvgIpc) is 1.79. The largest absolute Gasteiger partial charge is 0.458 e. The molecule has 0 atom stereocenters. The van der Waals surface area contributed by atoms with Crippen LogP contribution >= 0.6 is 0 Å². The molecule has 0 spiro atoms. The van der Waals surface area contributed by atoms with Crippen molar-refractivity contribution in [1.29, 1.82) is 0 Å². The van der Waals surface area contributed by atoms with Gasteiger partial charge in [0.1, 0.15) is 5.60 Å². The average molecular weight is 200 g/mol. The molecule has 0 amide bonds. The van der Waals surface area contributed by atoms with Crippen molar-refractivity contribution in [3.05, 3.63) is 0 Å². The fourth-order valence-corrected chi connectivity index (χ4v) is 1.72. The van der Waals surface area contributed by atoms with Crippen molar-refractivity contribution in [2.45, 2.75) is 61.0 Å². The van der Waals surface area contributed by atoms with Crippen LogP contribution < -0.4 is 0 Å². The summed E-state index contributed by atoms with van der Waals surface area (Å²) in [5, 5.41) is 0. The van der Waals surface area contributed by atoms with Crippen LogP contribution in [0.15, 0.2) is 0 Å². The highest BCUT2D eigenvalue weighted by molar-refractivity contribution is 5.66. The highest BCUT2D eigenvalue weighted by Crippen LogP contribution is 2.46. The maximum atomic E-state index is 11.1. The first kappa shape index (κ1) is 13.5. The molecule has 0 N–H and O–H groups in total. The molecule has 0 unspecified atom stereocenters. The molecule has 0 aromatic carbocycles. The van der Waals surface area contributed by atoms with Gasteiger partial charge in [0.2, 0.25) is 0 Å². The van der Waals surface area contributed by atoms with Crippen LogP contribution in [0.25, 0.3) is 0 Å². The summed E-state index contributed by atoms with van der Waals surface area (Å²) in [5.41, 5.74) is -0.598. The van der Waals surface area contributed by atoms with Crippen LogP contribution in [0, 0.1) is 10.8 Å². The molecule has 14 heavy (non-hydrogen) atoms. The lowest BCUT2D eigenvalue weighted by Crippen LogP contribution is -2.53. The molecule has 2 heteroatoms. The Morgan fingerprint density at radius 1 is 0.857 bits per heavy atom. The molecule has 0 heterocycles. The third kappa shape index (κ3) is 2.49. The van der Waals surface area contributed by atoms with Crippen molar-refractivity contribution in [1.82, 2.24) is 0 Å². The van der Waals surface area contributed by atoms with Gasteiger partial charge in [0.25, 0.3) is 0 Å². The topological polar surface area (TPSA) is 26.3 Å². The zero-order valence-electron chi connectivity index (χ0n) is 10.8. The quantitative estimate of drug-likeness (QED) is 0.606. The molecule has 0 bridgehead atoms. The normalized spacial score (nSPS) is 14.0. The van der Waals surface area contributed by atoms with Crippen molar-refractivity contribution < 1.29 is 9.53 Å². The van der Waals surface area contributed by atoms with Crippen molar-refractivity contribution in [3.63, 3.8) is 0 Å². The summed E-state index contributed by atoms with van der Waals surface area (Å²) in [6.45, 7) is 16.1. The van der Waals surface area contributed by atoms with Crippen LogP contribution in [0.3, 0.4) is 0 Å². The molecule has 0 saturated heterocycles. The van der Waals surface area contributed by atoms with E-state index in [-0.39, 0.29) is 16.8 Å². The summed E-state index contributed by atoms with van der Waals surface area (Å²) in [6.07, 6.45) is 0.